The Bertz CT molecular complexity index is 435. The Hall–Kier alpha value is -1.15. The average molecular weight is 306 g/mol. The van der Waals surface area contributed by atoms with Crippen LogP contribution in [0.4, 0.5) is 13.2 Å². The predicted octanol–water partition coefficient (Wildman–Crippen LogP) is 1.87. The number of aliphatic hydroxyl groups excluding tert-OH is 1. The second-order valence-electron chi connectivity index (χ2n) is 5.47. The van der Waals surface area contributed by atoms with Gasteiger partial charge < -0.3 is 10.4 Å². The van der Waals surface area contributed by atoms with Crippen LogP contribution in [0.2, 0.25) is 0 Å². The highest BCUT2D eigenvalue weighted by molar-refractivity contribution is 4.94. The smallest absolute Gasteiger partial charge is 0.393 e. The molecule has 0 amide bonds. The van der Waals surface area contributed by atoms with E-state index >= 15 is 0 Å². The van der Waals surface area contributed by atoms with Crippen molar-refractivity contribution in [2.24, 2.45) is 5.92 Å². The molecule has 1 heterocycles. The van der Waals surface area contributed by atoms with E-state index in [1.165, 1.54) is 0 Å². The lowest BCUT2D eigenvalue weighted by Gasteiger charge is -2.33. The molecule has 0 radical (unpaired) electrons. The Morgan fingerprint density at radius 1 is 1.33 bits per heavy atom. The first-order valence-corrected chi connectivity index (χ1v) is 7.30. The summed E-state index contributed by atoms with van der Waals surface area (Å²) in [7, 11) is 0. The molecule has 1 fully saturated rings. The van der Waals surface area contributed by atoms with Crippen LogP contribution < -0.4 is 5.32 Å². The quantitative estimate of drug-likeness (QED) is 0.842. The van der Waals surface area contributed by atoms with Crippen molar-refractivity contribution in [3.63, 3.8) is 0 Å². The lowest BCUT2D eigenvalue weighted by molar-refractivity contribution is -0.189. The number of nitrogens with one attached hydrogen (secondary N) is 1. The van der Waals surface area contributed by atoms with Gasteiger partial charge >= 0.3 is 6.18 Å². The van der Waals surface area contributed by atoms with Gasteiger partial charge in [0.2, 0.25) is 0 Å². The number of rotatable bonds is 6. The molecule has 0 aromatic carbocycles. The molecule has 1 aromatic rings. The molecular weight excluding hydrogens is 285 g/mol. The van der Waals surface area contributed by atoms with Gasteiger partial charge in [-0.3, -0.25) is 4.68 Å². The van der Waals surface area contributed by atoms with Crippen LogP contribution in [0.15, 0.2) is 6.20 Å². The summed E-state index contributed by atoms with van der Waals surface area (Å²) >= 11 is 0. The molecule has 2 atom stereocenters. The van der Waals surface area contributed by atoms with Crippen LogP contribution in [-0.2, 0) is 13.1 Å². The van der Waals surface area contributed by atoms with Gasteiger partial charge in [0.05, 0.1) is 11.6 Å². The van der Waals surface area contributed by atoms with E-state index in [4.69, 9.17) is 5.11 Å². The number of aromatic nitrogens is 3. The fourth-order valence-electron chi connectivity index (χ4n) is 2.76. The van der Waals surface area contributed by atoms with Crippen LogP contribution >= 0.6 is 0 Å². The van der Waals surface area contributed by atoms with Crippen molar-refractivity contribution < 1.29 is 18.3 Å². The molecule has 0 aliphatic heterocycles. The van der Waals surface area contributed by atoms with Crippen LogP contribution in [0.1, 0.15) is 37.8 Å². The zero-order chi connectivity index (χ0) is 15.3. The number of aliphatic hydroxyl groups is 1. The molecule has 21 heavy (non-hydrogen) atoms. The molecule has 120 valence electrons. The van der Waals surface area contributed by atoms with Gasteiger partial charge in [-0.15, -0.1) is 5.10 Å². The van der Waals surface area contributed by atoms with Crippen molar-refractivity contribution >= 4 is 0 Å². The van der Waals surface area contributed by atoms with Crippen LogP contribution in [-0.4, -0.2) is 38.9 Å². The van der Waals surface area contributed by atoms with Crippen molar-refractivity contribution in [3.8, 4) is 0 Å². The third-order valence-corrected chi connectivity index (χ3v) is 3.86. The number of hydrogen-bond acceptors (Lipinski definition) is 4. The van der Waals surface area contributed by atoms with Gasteiger partial charge in [0, 0.05) is 31.9 Å². The van der Waals surface area contributed by atoms with Crippen molar-refractivity contribution in [2.45, 2.75) is 57.4 Å². The lowest BCUT2D eigenvalue weighted by atomic mass is 9.84. The minimum absolute atomic E-state index is 0.0722. The van der Waals surface area contributed by atoms with Crippen LogP contribution in [0.25, 0.3) is 0 Å². The van der Waals surface area contributed by atoms with Crippen LogP contribution in [0.3, 0.4) is 0 Å². The highest BCUT2D eigenvalue weighted by atomic mass is 19.4. The van der Waals surface area contributed by atoms with E-state index in [1.54, 1.807) is 10.9 Å². The van der Waals surface area contributed by atoms with Gasteiger partial charge in [-0.2, -0.15) is 13.2 Å². The molecule has 2 unspecified atom stereocenters. The number of aryl methyl sites for hydroxylation is 1. The first kappa shape index (κ1) is 16.2. The van der Waals surface area contributed by atoms with Crippen molar-refractivity contribution in [1.29, 1.82) is 0 Å². The number of alkyl halides is 3. The zero-order valence-electron chi connectivity index (χ0n) is 11.8. The predicted molar refractivity (Wildman–Crippen MR) is 70.4 cm³/mol. The highest BCUT2D eigenvalue weighted by Gasteiger charge is 2.45. The molecular formula is C13H21F3N4O. The number of hydrogen-bond donors (Lipinski definition) is 2. The van der Waals surface area contributed by atoms with Crippen LogP contribution in [0, 0.1) is 5.92 Å². The summed E-state index contributed by atoms with van der Waals surface area (Å²) in [6.45, 7) is 0.914. The molecule has 5 nitrogen and oxygen atoms in total. The third-order valence-electron chi connectivity index (χ3n) is 3.86. The molecule has 1 aromatic heterocycles. The SMILES string of the molecule is OCCCn1cc(CNC2CCCCC2C(F)(F)F)nn1. The molecule has 8 heteroatoms. The Balaban J connectivity index is 1.87. The molecule has 0 spiro atoms. The van der Waals surface area contributed by atoms with Crippen molar-refractivity contribution in [3.05, 3.63) is 11.9 Å². The van der Waals surface area contributed by atoms with Crippen LogP contribution in [0.5, 0.6) is 0 Å². The summed E-state index contributed by atoms with van der Waals surface area (Å²) in [5.41, 5.74) is 0.624. The maximum absolute atomic E-state index is 13.0. The maximum Gasteiger partial charge on any atom is 0.393 e. The second-order valence-corrected chi connectivity index (χ2v) is 5.47. The lowest BCUT2D eigenvalue weighted by Crippen LogP contribution is -2.45. The van der Waals surface area contributed by atoms with E-state index < -0.39 is 18.1 Å². The second kappa shape index (κ2) is 7.22. The Kier molecular flexibility index (Phi) is 5.58. The first-order valence-electron chi connectivity index (χ1n) is 7.30. The standard InChI is InChI=1S/C13H21F3N4O/c14-13(15,16)11-4-1-2-5-12(11)17-8-10-9-20(19-18-10)6-3-7-21/h9,11-12,17,21H,1-8H2. The summed E-state index contributed by atoms with van der Waals surface area (Å²) < 4.78 is 40.5. The maximum atomic E-state index is 13.0. The Labute approximate surface area is 121 Å². The first-order chi connectivity index (χ1) is 10.0. The monoisotopic (exact) mass is 306 g/mol. The molecule has 2 N–H and O–H groups in total. The highest BCUT2D eigenvalue weighted by Crippen LogP contribution is 2.37. The van der Waals surface area contributed by atoms with Gasteiger partial charge in [0.15, 0.2) is 0 Å². The van der Waals surface area contributed by atoms with Gasteiger partial charge in [-0.05, 0) is 19.3 Å². The summed E-state index contributed by atoms with van der Waals surface area (Å²) in [6.07, 6.45) is 0.347. The van der Waals surface area contributed by atoms with E-state index in [2.05, 4.69) is 15.6 Å². The molecule has 1 saturated carbocycles. The normalized spacial score (nSPS) is 23.4. The Morgan fingerprint density at radius 2 is 2.10 bits per heavy atom. The summed E-state index contributed by atoms with van der Waals surface area (Å²) in [5.74, 6) is -1.27. The molecule has 0 bridgehead atoms. The molecule has 1 aliphatic carbocycles. The molecule has 0 saturated heterocycles. The summed E-state index contributed by atoms with van der Waals surface area (Å²) in [4.78, 5) is 0. The fraction of sp³-hybridized carbons (Fsp3) is 0.846. The van der Waals surface area contributed by atoms with Gasteiger partial charge in [-0.1, -0.05) is 18.1 Å². The van der Waals surface area contributed by atoms with Gasteiger partial charge in [0.25, 0.3) is 0 Å². The summed E-state index contributed by atoms with van der Waals surface area (Å²) in [5, 5.41) is 19.5. The van der Waals surface area contributed by atoms with E-state index in [9.17, 15) is 13.2 Å². The topological polar surface area (TPSA) is 63.0 Å². The van der Waals surface area contributed by atoms with Crippen molar-refractivity contribution in [2.75, 3.05) is 6.61 Å². The van der Waals surface area contributed by atoms with Gasteiger partial charge in [-0.25, -0.2) is 0 Å². The minimum Gasteiger partial charge on any atom is -0.396 e. The fourth-order valence-corrected chi connectivity index (χ4v) is 2.76. The average Bonchev–Trinajstić information content (AvgIpc) is 2.90. The van der Waals surface area contributed by atoms with E-state index in [1.807, 2.05) is 0 Å². The minimum atomic E-state index is -4.14. The largest absolute Gasteiger partial charge is 0.396 e. The number of halogens is 3. The van der Waals surface area contributed by atoms with Gasteiger partial charge in [0.1, 0.15) is 0 Å². The van der Waals surface area contributed by atoms with E-state index in [0.717, 1.165) is 6.42 Å². The Morgan fingerprint density at radius 3 is 2.81 bits per heavy atom. The summed E-state index contributed by atoms with van der Waals surface area (Å²) in [6, 6.07) is -0.540. The third kappa shape index (κ3) is 4.67. The zero-order valence-corrected chi connectivity index (χ0v) is 11.8. The van der Waals surface area contributed by atoms with Crippen molar-refractivity contribution in [1.82, 2.24) is 20.3 Å². The molecule has 1 aliphatic rings. The number of nitrogens with zero attached hydrogens (tertiary/aromatic N) is 3. The van der Waals surface area contributed by atoms with E-state index in [0.29, 0.717) is 31.5 Å². The molecule has 2 rings (SSSR count). The van der Waals surface area contributed by atoms with E-state index in [-0.39, 0.29) is 19.6 Å².